The molecular weight excluding hydrogens is 348 g/mol. The van der Waals surface area contributed by atoms with E-state index in [9.17, 15) is 19.5 Å². The lowest BCUT2D eigenvalue weighted by molar-refractivity contribution is -0.117. The zero-order valence-corrected chi connectivity index (χ0v) is 14.9. The van der Waals surface area contributed by atoms with E-state index in [1.807, 2.05) is 0 Å². The van der Waals surface area contributed by atoms with Gasteiger partial charge in [-0.15, -0.1) is 0 Å². The molecule has 1 amide bonds. The number of aliphatic hydroxyl groups excluding tert-OH is 1. The zero-order valence-electron chi connectivity index (χ0n) is 14.9. The number of rotatable bonds is 5. The molecule has 0 radical (unpaired) electrons. The lowest BCUT2D eigenvalue weighted by Crippen LogP contribution is -2.31. The summed E-state index contributed by atoms with van der Waals surface area (Å²) in [4.78, 5) is 42.1. The Balaban J connectivity index is 2.04. The van der Waals surface area contributed by atoms with Gasteiger partial charge in [0.05, 0.1) is 23.4 Å². The summed E-state index contributed by atoms with van der Waals surface area (Å²) in [5, 5.41) is 10.3. The second-order valence-corrected chi connectivity index (χ2v) is 5.92. The van der Waals surface area contributed by atoms with E-state index in [4.69, 9.17) is 4.74 Å². The molecule has 138 valence electrons. The highest BCUT2D eigenvalue weighted by Gasteiger charge is 2.43. The molecule has 0 saturated heterocycles. The molecule has 0 spiro atoms. The molecule has 3 rings (SSSR count). The van der Waals surface area contributed by atoms with E-state index in [0.29, 0.717) is 16.9 Å². The second-order valence-electron chi connectivity index (χ2n) is 5.92. The number of esters is 1. The summed E-state index contributed by atoms with van der Waals surface area (Å²) in [6, 6.07) is 10.5. The van der Waals surface area contributed by atoms with E-state index in [-0.39, 0.29) is 12.2 Å². The van der Waals surface area contributed by atoms with Crippen LogP contribution in [0.25, 0.3) is 0 Å². The number of Topliss-reactive ketones (excluding diaryl/α,β-unsaturated/α-hetero) is 1. The highest BCUT2D eigenvalue weighted by atomic mass is 16.5. The normalized spacial score (nSPS) is 16.6. The lowest BCUT2D eigenvalue weighted by Gasteiger charge is -2.26. The molecule has 0 fully saturated rings. The number of hydrogen-bond donors (Lipinski definition) is 1. The molecule has 1 aromatic heterocycles. The number of ketones is 1. The van der Waals surface area contributed by atoms with E-state index < -0.39 is 29.5 Å². The maximum absolute atomic E-state index is 12.7. The minimum Gasteiger partial charge on any atom is -0.503 e. The zero-order chi connectivity index (χ0) is 19.6. The predicted octanol–water partition coefficient (Wildman–Crippen LogP) is 2.75. The van der Waals surface area contributed by atoms with Crippen LogP contribution in [0.5, 0.6) is 0 Å². The average Bonchev–Trinajstić information content (AvgIpc) is 2.94. The summed E-state index contributed by atoms with van der Waals surface area (Å²) in [6.07, 6.45) is 1.55. The van der Waals surface area contributed by atoms with Gasteiger partial charge in [-0.2, -0.15) is 0 Å². The molecule has 7 nitrogen and oxygen atoms in total. The monoisotopic (exact) mass is 366 g/mol. The largest absolute Gasteiger partial charge is 0.503 e. The molecule has 27 heavy (non-hydrogen) atoms. The Bertz CT molecular complexity index is 919. The molecule has 1 atom stereocenters. The number of amides is 1. The molecule has 7 heteroatoms. The molecule has 2 aromatic rings. The Labute approximate surface area is 155 Å². The third-order valence-electron chi connectivity index (χ3n) is 4.21. The topological polar surface area (TPSA) is 96.8 Å². The van der Waals surface area contributed by atoms with Crippen molar-refractivity contribution < 1.29 is 24.2 Å². The van der Waals surface area contributed by atoms with Crippen molar-refractivity contribution in [2.45, 2.75) is 19.9 Å². The van der Waals surface area contributed by atoms with Gasteiger partial charge in [0.25, 0.3) is 5.91 Å². The van der Waals surface area contributed by atoms with Crippen LogP contribution in [0.1, 0.15) is 35.9 Å². The molecule has 0 bridgehead atoms. The van der Waals surface area contributed by atoms with Crippen LogP contribution in [-0.2, 0) is 14.3 Å². The van der Waals surface area contributed by atoms with Crippen molar-refractivity contribution in [2.24, 2.45) is 0 Å². The van der Waals surface area contributed by atoms with Gasteiger partial charge in [0.15, 0.2) is 11.5 Å². The SMILES string of the molecule is CCOC(=O)c1ccc(N2C(=O)C(O)=C(C(C)=O)[C@@H]2c2ccccn2)cc1. The fourth-order valence-corrected chi connectivity index (χ4v) is 3.02. The minimum atomic E-state index is -0.843. The summed E-state index contributed by atoms with van der Waals surface area (Å²) in [5.74, 6) is -2.17. The van der Waals surface area contributed by atoms with Gasteiger partial charge in [-0.3, -0.25) is 19.5 Å². The van der Waals surface area contributed by atoms with Crippen molar-refractivity contribution in [3.05, 3.63) is 71.3 Å². The van der Waals surface area contributed by atoms with Crippen molar-refractivity contribution in [3.8, 4) is 0 Å². The first-order valence-corrected chi connectivity index (χ1v) is 8.41. The second kappa shape index (κ2) is 7.41. The van der Waals surface area contributed by atoms with Crippen LogP contribution in [0.3, 0.4) is 0 Å². The van der Waals surface area contributed by atoms with Gasteiger partial charge in [0.1, 0.15) is 6.04 Å². The summed E-state index contributed by atoms with van der Waals surface area (Å²) in [7, 11) is 0. The number of nitrogens with zero attached hydrogens (tertiary/aromatic N) is 2. The fraction of sp³-hybridized carbons (Fsp3) is 0.200. The Morgan fingerprint density at radius 2 is 1.89 bits per heavy atom. The Morgan fingerprint density at radius 1 is 1.19 bits per heavy atom. The van der Waals surface area contributed by atoms with Crippen molar-refractivity contribution in [3.63, 3.8) is 0 Å². The van der Waals surface area contributed by atoms with Crippen LogP contribution >= 0.6 is 0 Å². The van der Waals surface area contributed by atoms with E-state index in [2.05, 4.69) is 4.98 Å². The fourth-order valence-electron chi connectivity index (χ4n) is 3.02. The number of anilines is 1. The third kappa shape index (κ3) is 3.31. The number of hydrogen-bond acceptors (Lipinski definition) is 6. The van der Waals surface area contributed by atoms with E-state index >= 15 is 0 Å². The molecular formula is C20H18N2O5. The third-order valence-corrected chi connectivity index (χ3v) is 4.21. The predicted molar refractivity (Wildman–Crippen MR) is 97.2 cm³/mol. The van der Waals surface area contributed by atoms with Gasteiger partial charge in [-0.05, 0) is 50.2 Å². The van der Waals surface area contributed by atoms with Gasteiger partial charge in [0.2, 0.25) is 0 Å². The average molecular weight is 366 g/mol. The Morgan fingerprint density at radius 3 is 2.44 bits per heavy atom. The number of aliphatic hydroxyl groups is 1. The lowest BCUT2D eigenvalue weighted by atomic mass is 10.0. The van der Waals surface area contributed by atoms with Gasteiger partial charge in [0, 0.05) is 11.9 Å². The molecule has 1 aromatic carbocycles. The van der Waals surface area contributed by atoms with E-state index in [1.165, 1.54) is 24.0 Å². The van der Waals surface area contributed by atoms with Gasteiger partial charge in [-0.25, -0.2) is 4.79 Å². The molecule has 0 saturated carbocycles. The van der Waals surface area contributed by atoms with Gasteiger partial charge < -0.3 is 9.84 Å². The molecule has 0 unspecified atom stereocenters. The van der Waals surface area contributed by atoms with Crippen LogP contribution in [-0.4, -0.2) is 34.4 Å². The number of carbonyl (C=O) groups is 3. The maximum atomic E-state index is 12.7. The number of pyridine rings is 1. The molecule has 0 aliphatic carbocycles. The first kappa shape index (κ1) is 18.3. The van der Waals surface area contributed by atoms with E-state index in [1.54, 1.807) is 43.5 Å². The van der Waals surface area contributed by atoms with Gasteiger partial charge >= 0.3 is 5.97 Å². The summed E-state index contributed by atoms with van der Waals surface area (Å²) < 4.78 is 4.95. The standard InChI is InChI=1S/C20H18N2O5/c1-3-27-20(26)13-7-9-14(10-8-13)22-17(15-6-4-5-11-21-15)16(12(2)23)18(24)19(22)25/h4-11,17,24H,3H2,1-2H3/t17-/m0/s1. The number of aromatic nitrogens is 1. The summed E-state index contributed by atoms with van der Waals surface area (Å²) in [6.45, 7) is 3.26. The van der Waals surface area contributed by atoms with Crippen LogP contribution in [0, 0.1) is 0 Å². The molecule has 1 N–H and O–H groups in total. The van der Waals surface area contributed by atoms with Gasteiger partial charge in [-0.1, -0.05) is 6.07 Å². The number of benzene rings is 1. The molecule has 1 aliphatic heterocycles. The highest BCUT2D eigenvalue weighted by Crippen LogP contribution is 2.40. The minimum absolute atomic E-state index is 0.00632. The quantitative estimate of drug-likeness (QED) is 0.818. The highest BCUT2D eigenvalue weighted by molar-refractivity contribution is 6.16. The summed E-state index contributed by atoms with van der Waals surface area (Å²) in [5.41, 5.74) is 1.21. The maximum Gasteiger partial charge on any atom is 0.338 e. The van der Waals surface area contributed by atoms with Crippen molar-refractivity contribution >= 4 is 23.3 Å². The van der Waals surface area contributed by atoms with Crippen molar-refractivity contribution in [2.75, 3.05) is 11.5 Å². The van der Waals surface area contributed by atoms with Crippen LogP contribution < -0.4 is 4.90 Å². The molecule has 2 heterocycles. The smallest absolute Gasteiger partial charge is 0.338 e. The Kier molecular flexibility index (Phi) is 5.03. The van der Waals surface area contributed by atoms with E-state index in [0.717, 1.165) is 0 Å². The van der Waals surface area contributed by atoms with Crippen molar-refractivity contribution in [1.29, 1.82) is 0 Å². The van der Waals surface area contributed by atoms with Crippen LogP contribution in [0.4, 0.5) is 5.69 Å². The van der Waals surface area contributed by atoms with Crippen LogP contribution in [0.15, 0.2) is 60.0 Å². The first-order valence-electron chi connectivity index (χ1n) is 8.41. The molecule has 1 aliphatic rings. The number of carbonyl (C=O) groups excluding carboxylic acids is 3. The summed E-state index contributed by atoms with van der Waals surface area (Å²) >= 11 is 0. The number of ether oxygens (including phenoxy) is 1. The van der Waals surface area contributed by atoms with Crippen molar-refractivity contribution in [1.82, 2.24) is 4.98 Å². The Hall–Kier alpha value is -3.48. The first-order chi connectivity index (χ1) is 13.0. The van der Waals surface area contributed by atoms with Crippen LogP contribution in [0.2, 0.25) is 0 Å².